The molecule has 1 amide bonds. The Morgan fingerprint density at radius 3 is 2.47 bits per heavy atom. The highest BCUT2D eigenvalue weighted by molar-refractivity contribution is 5.77. The number of carbonyl (C=O) groups is 1. The summed E-state index contributed by atoms with van der Waals surface area (Å²) in [6, 6.07) is 0. The zero-order chi connectivity index (χ0) is 11.6. The molecule has 5 atom stereocenters. The fourth-order valence-electron chi connectivity index (χ4n) is 1.39. The van der Waals surface area contributed by atoms with E-state index in [0.717, 1.165) is 0 Å². The number of nitrogens with one attached hydrogen (secondary N) is 1. The van der Waals surface area contributed by atoms with E-state index in [-0.39, 0.29) is 6.54 Å². The van der Waals surface area contributed by atoms with Crippen LogP contribution >= 0.6 is 0 Å². The fraction of sp³-hybridized carbons (Fsp3) is 0.875. The Balaban J connectivity index is 2.62. The van der Waals surface area contributed by atoms with Crippen LogP contribution in [0.2, 0.25) is 0 Å². The van der Waals surface area contributed by atoms with Gasteiger partial charge in [-0.05, 0) is 6.92 Å². The van der Waals surface area contributed by atoms with Crippen LogP contribution in [0.4, 0.5) is 0 Å². The van der Waals surface area contributed by atoms with Crippen LogP contribution < -0.4 is 11.1 Å². The average Bonchev–Trinajstić information content (AvgIpc) is 2.22. The number of nitrogens with two attached hydrogens (primary N) is 1. The molecule has 7 nitrogen and oxygen atoms in total. The van der Waals surface area contributed by atoms with Crippen LogP contribution in [-0.4, -0.2) is 58.4 Å². The number of amides is 1. The molecule has 1 aliphatic rings. The second kappa shape index (κ2) is 4.86. The van der Waals surface area contributed by atoms with Crippen molar-refractivity contribution >= 4 is 5.91 Å². The van der Waals surface area contributed by atoms with Gasteiger partial charge in [-0.1, -0.05) is 0 Å². The lowest BCUT2D eigenvalue weighted by Crippen LogP contribution is -2.62. The predicted molar refractivity (Wildman–Crippen MR) is 49.6 cm³/mol. The van der Waals surface area contributed by atoms with Gasteiger partial charge in [0.1, 0.15) is 18.3 Å². The third kappa shape index (κ3) is 2.64. The zero-order valence-corrected chi connectivity index (χ0v) is 8.33. The topological polar surface area (TPSA) is 125 Å². The van der Waals surface area contributed by atoms with Gasteiger partial charge in [0.15, 0.2) is 6.23 Å². The summed E-state index contributed by atoms with van der Waals surface area (Å²) >= 11 is 0. The van der Waals surface area contributed by atoms with E-state index in [1.54, 1.807) is 0 Å². The Morgan fingerprint density at radius 2 is 1.93 bits per heavy atom. The van der Waals surface area contributed by atoms with Crippen LogP contribution in [0.1, 0.15) is 6.92 Å². The molecular weight excluding hydrogens is 204 g/mol. The first-order valence-corrected chi connectivity index (χ1v) is 4.66. The summed E-state index contributed by atoms with van der Waals surface area (Å²) in [6.07, 6.45) is -5.62. The number of hydrogen-bond donors (Lipinski definition) is 5. The maximum atomic E-state index is 10.9. The molecule has 1 saturated heterocycles. The quantitative estimate of drug-likeness (QED) is 0.335. The number of carbonyl (C=O) groups excluding carboxylic acids is 1. The highest BCUT2D eigenvalue weighted by Crippen LogP contribution is 2.19. The molecule has 0 spiro atoms. The Bertz CT molecular complexity index is 237. The van der Waals surface area contributed by atoms with Crippen LogP contribution in [0.25, 0.3) is 0 Å². The number of aliphatic hydroxyl groups is 3. The molecule has 0 bridgehead atoms. The van der Waals surface area contributed by atoms with Gasteiger partial charge in [0.05, 0.1) is 12.6 Å². The molecule has 0 radical (unpaired) electrons. The van der Waals surface area contributed by atoms with E-state index in [1.807, 2.05) is 0 Å². The molecule has 0 aromatic carbocycles. The van der Waals surface area contributed by atoms with Crippen molar-refractivity contribution < 1.29 is 24.9 Å². The number of aliphatic hydroxyl groups excluding tert-OH is 3. The van der Waals surface area contributed by atoms with Crippen molar-refractivity contribution in [3.63, 3.8) is 0 Å². The van der Waals surface area contributed by atoms with E-state index in [4.69, 9.17) is 10.5 Å². The van der Waals surface area contributed by atoms with Crippen molar-refractivity contribution in [1.29, 1.82) is 0 Å². The summed E-state index contributed by atoms with van der Waals surface area (Å²) in [5, 5.41) is 30.5. The first kappa shape index (κ1) is 12.3. The van der Waals surface area contributed by atoms with Gasteiger partial charge in [-0.25, -0.2) is 0 Å². The molecule has 7 heteroatoms. The Morgan fingerprint density at radius 1 is 1.33 bits per heavy atom. The van der Waals surface area contributed by atoms with Crippen LogP contribution in [0.5, 0.6) is 0 Å². The molecule has 0 aromatic heterocycles. The maximum absolute atomic E-state index is 10.9. The fourth-order valence-corrected chi connectivity index (χ4v) is 1.39. The first-order valence-electron chi connectivity index (χ1n) is 4.66. The second-order valence-electron chi connectivity index (χ2n) is 3.51. The molecule has 1 heterocycles. The standard InChI is InChI=1S/C8H16N2O5/c1-3-5(12)6(13)7(14)8(15-3)10-4(11)2-9/h3,5-8,12-14H,2,9H2,1H3,(H,10,11)/t3-,5-,6+,7-,8-/m1/s1. The van der Waals surface area contributed by atoms with Crippen molar-refractivity contribution in [2.24, 2.45) is 5.73 Å². The molecule has 0 aliphatic carbocycles. The number of rotatable bonds is 2. The van der Waals surface area contributed by atoms with Crippen LogP contribution in [0.3, 0.4) is 0 Å². The van der Waals surface area contributed by atoms with Gasteiger partial charge in [0, 0.05) is 0 Å². The third-order valence-electron chi connectivity index (χ3n) is 2.34. The summed E-state index contributed by atoms with van der Waals surface area (Å²) in [5.74, 6) is -0.505. The van der Waals surface area contributed by atoms with E-state index in [1.165, 1.54) is 6.92 Å². The summed E-state index contributed by atoms with van der Waals surface area (Å²) in [5.41, 5.74) is 5.07. The Labute approximate surface area is 86.8 Å². The monoisotopic (exact) mass is 220 g/mol. The van der Waals surface area contributed by atoms with E-state index < -0.39 is 36.6 Å². The SMILES string of the molecule is C[C@H]1O[C@@H](NC(=O)CN)[C@H](O)[C@@H](O)[C@@H]1O. The van der Waals surface area contributed by atoms with Gasteiger partial charge < -0.3 is 31.1 Å². The lowest BCUT2D eigenvalue weighted by Gasteiger charge is -2.39. The molecule has 0 saturated carbocycles. The highest BCUT2D eigenvalue weighted by atomic mass is 16.5. The summed E-state index contributed by atoms with van der Waals surface area (Å²) in [6.45, 7) is 1.29. The minimum atomic E-state index is -1.37. The van der Waals surface area contributed by atoms with Gasteiger partial charge in [-0.3, -0.25) is 4.79 Å². The maximum Gasteiger partial charge on any atom is 0.235 e. The van der Waals surface area contributed by atoms with Crippen molar-refractivity contribution in [2.45, 2.75) is 37.6 Å². The van der Waals surface area contributed by atoms with Crippen LogP contribution in [0.15, 0.2) is 0 Å². The molecular formula is C8H16N2O5. The van der Waals surface area contributed by atoms with Crippen molar-refractivity contribution in [2.75, 3.05) is 6.54 Å². The minimum Gasteiger partial charge on any atom is -0.388 e. The first-order chi connectivity index (χ1) is 6.97. The molecule has 1 rings (SSSR count). The minimum absolute atomic E-state index is 0.236. The molecule has 6 N–H and O–H groups in total. The Hall–Kier alpha value is -0.730. The zero-order valence-electron chi connectivity index (χ0n) is 8.33. The number of hydrogen-bond acceptors (Lipinski definition) is 6. The number of ether oxygens (including phenoxy) is 1. The average molecular weight is 220 g/mol. The summed E-state index contributed by atoms with van der Waals surface area (Å²) in [4.78, 5) is 10.9. The predicted octanol–water partition coefficient (Wildman–Crippen LogP) is -3.11. The van der Waals surface area contributed by atoms with Crippen molar-refractivity contribution in [3.8, 4) is 0 Å². The lowest BCUT2D eigenvalue weighted by molar-refractivity contribution is -0.224. The third-order valence-corrected chi connectivity index (χ3v) is 2.34. The highest BCUT2D eigenvalue weighted by Gasteiger charge is 2.42. The van der Waals surface area contributed by atoms with Gasteiger partial charge in [-0.15, -0.1) is 0 Å². The van der Waals surface area contributed by atoms with Crippen LogP contribution in [-0.2, 0) is 9.53 Å². The second-order valence-corrected chi connectivity index (χ2v) is 3.51. The van der Waals surface area contributed by atoms with Crippen LogP contribution in [0, 0.1) is 0 Å². The lowest BCUT2D eigenvalue weighted by atomic mass is 9.99. The van der Waals surface area contributed by atoms with E-state index >= 15 is 0 Å². The van der Waals surface area contributed by atoms with E-state index in [2.05, 4.69) is 5.32 Å². The summed E-state index contributed by atoms with van der Waals surface area (Å²) in [7, 11) is 0. The molecule has 88 valence electrons. The van der Waals surface area contributed by atoms with Gasteiger partial charge in [-0.2, -0.15) is 0 Å². The largest absolute Gasteiger partial charge is 0.388 e. The molecule has 0 unspecified atom stereocenters. The van der Waals surface area contributed by atoms with Gasteiger partial charge in [0.25, 0.3) is 0 Å². The Kier molecular flexibility index (Phi) is 4.00. The van der Waals surface area contributed by atoms with Crippen molar-refractivity contribution in [1.82, 2.24) is 5.32 Å². The summed E-state index contributed by atoms with van der Waals surface area (Å²) < 4.78 is 5.11. The van der Waals surface area contributed by atoms with E-state index in [0.29, 0.717) is 0 Å². The van der Waals surface area contributed by atoms with Crippen molar-refractivity contribution in [3.05, 3.63) is 0 Å². The molecule has 1 fully saturated rings. The molecule has 1 aliphatic heterocycles. The molecule has 15 heavy (non-hydrogen) atoms. The normalized spacial score (nSPS) is 41.3. The van der Waals surface area contributed by atoms with E-state index in [9.17, 15) is 20.1 Å². The molecule has 0 aromatic rings. The smallest absolute Gasteiger partial charge is 0.235 e. The van der Waals surface area contributed by atoms with Gasteiger partial charge in [0.2, 0.25) is 5.91 Å². The van der Waals surface area contributed by atoms with Gasteiger partial charge >= 0.3 is 0 Å².